The summed E-state index contributed by atoms with van der Waals surface area (Å²) in [6.07, 6.45) is 0.0380. The van der Waals surface area contributed by atoms with E-state index in [1.165, 1.54) is 4.68 Å². The van der Waals surface area contributed by atoms with Crippen molar-refractivity contribution in [3.8, 4) is 0 Å². The number of hydrogen-bond donors (Lipinski definition) is 2. The van der Waals surface area contributed by atoms with Gasteiger partial charge in [-0.3, -0.25) is 19.4 Å². The van der Waals surface area contributed by atoms with Crippen LogP contribution in [0.2, 0.25) is 0 Å². The highest BCUT2D eigenvalue weighted by molar-refractivity contribution is 5.80. The van der Waals surface area contributed by atoms with E-state index in [1.807, 2.05) is 13.8 Å². The number of H-pyrrole nitrogens is 1. The van der Waals surface area contributed by atoms with Crippen molar-refractivity contribution in [3.63, 3.8) is 0 Å². The smallest absolute Gasteiger partial charge is 0.270 e. The molecule has 2 heterocycles. The third-order valence-corrected chi connectivity index (χ3v) is 3.58. The summed E-state index contributed by atoms with van der Waals surface area (Å²) >= 11 is 0. The number of aliphatic hydroxyl groups excluding tert-OH is 1. The quantitative estimate of drug-likeness (QED) is 0.792. The molecule has 0 unspecified atom stereocenters. The average Bonchev–Trinajstić information content (AvgIpc) is 2.74. The molecule has 0 saturated carbocycles. The molecule has 1 aliphatic heterocycles. The van der Waals surface area contributed by atoms with Gasteiger partial charge in [-0.2, -0.15) is 0 Å². The summed E-state index contributed by atoms with van der Waals surface area (Å²) in [5, 5.41) is 11.9. The normalized spacial score (nSPS) is 16.1. The van der Waals surface area contributed by atoms with Gasteiger partial charge < -0.3 is 14.7 Å². The lowest BCUT2D eigenvalue weighted by Crippen LogP contribution is -2.43. The van der Waals surface area contributed by atoms with Crippen LogP contribution in [0.3, 0.4) is 0 Å². The minimum atomic E-state index is -0.488. The number of hydrogen-bond acceptors (Lipinski definition) is 4. The Bertz CT molecular complexity index is 561. The van der Waals surface area contributed by atoms with Gasteiger partial charge in [-0.15, -0.1) is 0 Å². The van der Waals surface area contributed by atoms with Crippen molar-refractivity contribution in [2.75, 3.05) is 13.2 Å². The molecule has 1 aromatic heterocycles. The van der Waals surface area contributed by atoms with Crippen LogP contribution < -0.4 is 5.56 Å². The first-order valence-electron chi connectivity index (χ1n) is 7.29. The van der Waals surface area contributed by atoms with Crippen LogP contribution in [0.4, 0.5) is 0 Å². The fraction of sp³-hybridized carbons (Fsp3) is 0.714. The number of nitrogens with zero attached hydrogens (tertiary/aromatic N) is 2. The number of fused-ring (bicyclic) bond motifs is 1. The van der Waals surface area contributed by atoms with Gasteiger partial charge in [0.1, 0.15) is 6.10 Å². The molecular weight excluding hydrogens is 274 g/mol. The van der Waals surface area contributed by atoms with Gasteiger partial charge in [-0.1, -0.05) is 0 Å². The molecule has 2 N–H and O–H groups in total. The maximum absolute atomic E-state index is 12.3. The monoisotopic (exact) mass is 297 g/mol. The highest BCUT2D eigenvalue weighted by atomic mass is 16.5. The van der Waals surface area contributed by atoms with E-state index in [1.54, 1.807) is 11.8 Å². The Hall–Kier alpha value is -1.60. The lowest BCUT2D eigenvalue weighted by atomic mass is 10.1. The maximum Gasteiger partial charge on any atom is 0.270 e. The Morgan fingerprint density at radius 2 is 2.14 bits per heavy atom. The van der Waals surface area contributed by atoms with E-state index in [0.29, 0.717) is 25.1 Å². The number of nitrogens with one attached hydrogen (secondary N) is 1. The third kappa shape index (κ3) is 3.36. The minimum Gasteiger partial charge on any atom is -0.394 e. The summed E-state index contributed by atoms with van der Waals surface area (Å²) in [4.78, 5) is 26.1. The lowest BCUT2D eigenvalue weighted by Gasteiger charge is -2.29. The van der Waals surface area contributed by atoms with Crippen molar-refractivity contribution < 1.29 is 14.6 Å². The summed E-state index contributed by atoms with van der Waals surface area (Å²) in [5.41, 5.74) is 1.37. The molecule has 1 aromatic rings. The molecule has 0 aromatic carbocycles. The molecule has 0 aliphatic carbocycles. The van der Waals surface area contributed by atoms with Gasteiger partial charge in [0.05, 0.1) is 31.5 Å². The molecule has 1 atom stereocenters. The second-order valence-corrected chi connectivity index (χ2v) is 5.59. The van der Waals surface area contributed by atoms with Crippen LogP contribution in [0.25, 0.3) is 0 Å². The number of carbonyl (C=O) groups excluding carboxylic acids is 1. The van der Waals surface area contributed by atoms with Crippen LogP contribution >= 0.6 is 0 Å². The van der Waals surface area contributed by atoms with Crippen LogP contribution in [0.15, 0.2) is 4.79 Å². The summed E-state index contributed by atoms with van der Waals surface area (Å²) in [7, 11) is 0. The largest absolute Gasteiger partial charge is 0.394 e. The van der Waals surface area contributed by atoms with E-state index in [0.717, 1.165) is 5.69 Å². The van der Waals surface area contributed by atoms with Gasteiger partial charge in [-0.05, 0) is 27.2 Å². The number of aromatic nitrogens is 2. The molecule has 1 amide bonds. The predicted molar refractivity (Wildman–Crippen MR) is 76.9 cm³/mol. The zero-order valence-corrected chi connectivity index (χ0v) is 12.8. The topological polar surface area (TPSA) is 87.6 Å². The number of aromatic amines is 1. The van der Waals surface area contributed by atoms with Gasteiger partial charge in [0.15, 0.2) is 0 Å². The Labute approximate surface area is 123 Å². The van der Waals surface area contributed by atoms with Crippen molar-refractivity contribution >= 4 is 5.91 Å². The molecule has 0 fully saturated rings. The van der Waals surface area contributed by atoms with Gasteiger partial charge in [0.25, 0.3) is 11.5 Å². The van der Waals surface area contributed by atoms with E-state index >= 15 is 0 Å². The molecule has 0 bridgehead atoms. The van der Waals surface area contributed by atoms with Crippen LogP contribution in [-0.4, -0.2) is 51.1 Å². The highest BCUT2D eigenvalue weighted by Crippen LogP contribution is 2.16. The van der Waals surface area contributed by atoms with Gasteiger partial charge in [0.2, 0.25) is 0 Å². The van der Waals surface area contributed by atoms with Gasteiger partial charge in [-0.25, -0.2) is 0 Å². The summed E-state index contributed by atoms with van der Waals surface area (Å²) in [5.74, 6) is -0.0647. The molecule has 0 radical (unpaired) electrons. The molecule has 118 valence electrons. The molecule has 0 saturated heterocycles. The van der Waals surface area contributed by atoms with E-state index in [-0.39, 0.29) is 30.7 Å². The van der Waals surface area contributed by atoms with Crippen molar-refractivity contribution in [3.05, 3.63) is 21.6 Å². The standard InChI is InChI=1S/C14H23N3O4/c1-9(2)21-10(3)13(19)16-5-4-11-12(8-16)15-17(6-7-18)14(11)20/h9-10,15,18H,4-8H2,1-3H3/t10-/m1/s1. The van der Waals surface area contributed by atoms with E-state index in [9.17, 15) is 9.59 Å². The van der Waals surface area contributed by atoms with Crippen LogP contribution in [0.5, 0.6) is 0 Å². The van der Waals surface area contributed by atoms with E-state index in [4.69, 9.17) is 9.84 Å². The third-order valence-electron chi connectivity index (χ3n) is 3.58. The number of aliphatic hydroxyl groups is 1. The highest BCUT2D eigenvalue weighted by Gasteiger charge is 2.28. The van der Waals surface area contributed by atoms with Crippen LogP contribution in [0, 0.1) is 0 Å². The van der Waals surface area contributed by atoms with Crippen molar-refractivity contribution in [2.24, 2.45) is 0 Å². The first-order chi connectivity index (χ1) is 9.93. The first kappa shape index (κ1) is 15.8. The van der Waals surface area contributed by atoms with Crippen molar-refractivity contribution in [1.29, 1.82) is 0 Å². The van der Waals surface area contributed by atoms with Crippen molar-refractivity contribution in [2.45, 2.75) is 52.5 Å². The van der Waals surface area contributed by atoms with Gasteiger partial charge >= 0.3 is 0 Å². The maximum atomic E-state index is 12.3. The van der Waals surface area contributed by atoms with Crippen LogP contribution in [0.1, 0.15) is 32.0 Å². The molecular formula is C14H23N3O4. The van der Waals surface area contributed by atoms with Crippen LogP contribution in [-0.2, 0) is 29.0 Å². The molecule has 7 nitrogen and oxygen atoms in total. The molecule has 1 aliphatic rings. The average molecular weight is 297 g/mol. The summed E-state index contributed by atoms with van der Waals surface area (Å²) in [6, 6.07) is 0. The second kappa shape index (κ2) is 6.44. The Morgan fingerprint density at radius 3 is 2.76 bits per heavy atom. The minimum absolute atomic E-state index is 0.00486. The predicted octanol–water partition coefficient (Wildman–Crippen LogP) is -0.133. The number of carbonyl (C=O) groups is 1. The zero-order chi connectivity index (χ0) is 15.6. The Morgan fingerprint density at radius 1 is 1.43 bits per heavy atom. The molecule has 7 heteroatoms. The lowest BCUT2D eigenvalue weighted by molar-refractivity contribution is -0.146. The zero-order valence-electron chi connectivity index (χ0n) is 12.8. The number of rotatable bonds is 5. The Kier molecular flexibility index (Phi) is 4.84. The molecule has 21 heavy (non-hydrogen) atoms. The number of amides is 1. The molecule has 2 rings (SSSR count). The SMILES string of the molecule is CC(C)O[C@H](C)C(=O)N1CCc2c([nH]n(CCO)c2=O)C1. The van der Waals surface area contributed by atoms with Crippen molar-refractivity contribution in [1.82, 2.24) is 14.7 Å². The second-order valence-electron chi connectivity index (χ2n) is 5.59. The summed E-state index contributed by atoms with van der Waals surface area (Å²) in [6.45, 7) is 6.58. The fourth-order valence-electron chi connectivity index (χ4n) is 2.65. The summed E-state index contributed by atoms with van der Waals surface area (Å²) < 4.78 is 6.91. The van der Waals surface area contributed by atoms with E-state index < -0.39 is 6.10 Å². The first-order valence-corrected chi connectivity index (χ1v) is 7.29. The Balaban J connectivity index is 2.10. The number of ether oxygens (including phenoxy) is 1. The molecule has 0 spiro atoms. The van der Waals surface area contributed by atoms with E-state index in [2.05, 4.69) is 5.10 Å². The fourth-order valence-corrected chi connectivity index (χ4v) is 2.65. The van der Waals surface area contributed by atoms with Gasteiger partial charge in [0, 0.05) is 12.1 Å².